The fourth-order valence-corrected chi connectivity index (χ4v) is 2.36. The molecular weight excluding hydrogens is 325 g/mol. The Balaban J connectivity index is 1.71. The van der Waals surface area contributed by atoms with E-state index in [4.69, 9.17) is 9.47 Å². The maximum absolute atomic E-state index is 13.4. The molecule has 0 aliphatic rings. The number of rotatable bonds is 7. The first-order valence-corrected chi connectivity index (χ1v) is 7.78. The first-order valence-electron chi connectivity index (χ1n) is 7.78. The van der Waals surface area contributed by atoms with Gasteiger partial charge in [0, 0.05) is 18.4 Å². The predicted octanol–water partition coefficient (Wildman–Crippen LogP) is 2.97. The summed E-state index contributed by atoms with van der Waals surface area (Å²) in [5.74, 6) is 0.000536. The Labute approximate surface area is 144 Å². The van der Waals surface area contributed by atoms with Gasteiger partial charge >= 0.3 is 0 Å². The number of aromatic nitrogens is 2. The Morgan fingerprint density at radius 3 is 2.92 bits per heavy atom. The second-order valence-electron chi connectivity index (χ2n) is 5.42. The van der Waals surface area contributed by atoms with Gasteiger partial charge in [-0.2, -0.15) is 0 Å². The lowest BCUT2D eigenvalue weighted by atomic mass is 10.2. The van der Waals surface area contributed by atoms with Gasteiger partial charge in [0.15, 0.2) is 0 Å². The molecule has 0 radical (unpaired) electrons. The smallest absolute Gasteiger partial charge is 0.250 e. The van der Waals surface area contributed by atoms with E-state index in [9.17, 15) is 9.18 Å². The third-order valence-electron chi connectivity index (χ3n) is 3.53. The third kappa shape index (κ3) is 4.40. The number of benzene rings is 2. The number of methoxy groups -OCH3 is 1. The molecule has 0 fully saturated rings. The number of ether oxygens (including phenoxy) is 2. The van der Waals surface area contributed by atoms with E-state index in [1.165, 1.54) is 12.1 Å². The molecule has 1 amide bonds. The van der Waals surface area contributed by atoms with Crippen LogP contribution in [0.5, 0.6) is 0 Å². The van der Waals surface area contributed by atoms with Gasteiger partial charge in [-0.15, -0.1) is 0 Å². The Bertz CT molecular complexity index is 879. The summed E-state index contributed by atoms with van der Waals surface area (Å²) in [7, 11) is 1.57. The van der Waals surface area contributed by atoms with Crippen molar-refractivity contribution in [1.82, 2.24) is 9.97 Å². The molecular formula is C18H18FN3O3. The van der Waals surface area contributed by atoms with E-state index < -0.39 is 0 Å². The van der Waals surface area contributed by atoms with Crippen LogP contribution in [0.3, 0.4) is 0 Å². The van der Waals surface area contributed by atoms with Crippen LogP contribution < -0.4 is 5.32 Å². The van der Waals surface area contributed by atoms with Gasteiger partial charge in [0.2, 0.25) is 5.91 Å². The predicted molar refractivity (Wildman–Crippen MR) is 92.8 cm³/mol. The summed E-state index contributed by atoms with van der Waals surface area (Å²) in [4.78, 5) is 19.4. The summed E-state index contributed by atoms with van der Waals surface area (Å²) >= 11 is 0. The van der Waals surface area contributed by atoms with E-state index >= 15 is 0 Å². The average molecular weight is 343 g/mol. The molecule has 1 aromatic heterocycles. The first kappa shape index (κ1) is 17.1. The number of carbonyl (C=O) groups is 1. The number of hydrogen-bond donors (Lipinski definition) is 2. The highest BCUT2D eigenvalue weighted by molar-refractivity contribution is 5.94. The van der Waals surface area contributed by atoms with Crippen LogP contribution in [0, 0.1) is 5.82 Å². The number of nitrogens with one attached hydrogen (secondary N) is 2. The van der Waals surface area contributed by atoms with Crippen LogP contribution in [-0.2, 0) is 14.3 Å². The van der Waals surface area contributed by atoms with Gasteiger partial charge in [-0.25, -0.2) is 9.37 Å². The van der Waals surface area contributed by atoms with Crippen LogP contribution in [0.15, 0.2) is 42.5 Å². The number of anilines is 1. The summed E-state index contributed by atoms with van der Waals surface area (Å²) < 4.78 is 23.4. The summed E-state index contributed by atoms with van der Waals surface area (Å²) in [6, 6.07) is 11.5. The fourth-order valence-electron chi connectivity index (χ4n) is 2.36. The molecule has 2 N–H and O–H groups in total. The van der Waals surface area contributed by atoms with Gasteiger partial charge < -0.3 is 19.8 Å². The van der Waals surface area contributed by atoms with Crippen molar-refractivity contribution >= 4 is 22.6 Å². The minimum atomic E-state index is -0.320. The van der Waals surface area contributed by atoms with E-state index in [1.807, 2.05) is 0 Å². The molecule has 0 atom stereocenters. The number of hydrogen-bond acceptors (Lipinski definition) is 4. The highest BCUT2D eigenvalue weighted by Crippen LogP contribution is 2.23. The molecule has 0 aliphatic heterocycles. The number of carbonyl (C=O) groups excluding carboxylic acids is 1. The maximum Gasteiger partial charge on any atom is 0.250 e. The minimum absolute atomic E-state index is 0.0427. The van der Waals surface area contributed by atoms with E-state index in [0.717, 1.165) is 11.0 Å². The molecule has 2 aromatic carbocycles. The average Bonchev–Trinajstić information content (AvgIpc) is 3.02. The largest absolute Gasteiger partial charge is 0.382 e. The van der Waals surface area contributed by atoms with Gasteiger partial charge in [-0.1, -0.05) is 12.1 Å². The Kier molecular flexibility index (Phi) is 5.37. The second-order valence-corrected chi connectivity index (χ2v) is 5.42. The molecule has 0 saturated carbocycles. The van der Waals surface area contributed by atoms with E-state index in [1.54, 1.807) is 37.4 Å². The van der Waals surface area contributed by atoms with Crippen molar-refractivity contribution < 1.29 is 18.7 Å². The van der Waals surface area contributed by atoms with Crippen molar-refractivity contribution in [2.75, 3.05) is 32.2 Å². The lowest BCUT2D eigenvalue weighted by Gasteiger charge is -2.06. The standard InChI is InChI=1S/C18H18FN3O3/c1-24-7-8-25-11-17(23)20-14-5-6-15-16(10-14)22-18(21-15)12-3-2-4-13(19)9-12/h2-6,9-10H,7-8,11H2,1H3,(H,20,23)(H,21,22). The van der Waals surface area contributed by atoms with Gasteiger partial charge in [-0.3, -0.25) is 4.79 Å². The maximum atomic E-state index is 13.4. The molecule has 0 bridgehead atoms. The number of aromatic amines is 1. The van der Waals surface area contributed by atoms with E-state index in [0.29, 0.717) is 30.3 Å². The monoisotopic (exact) mass is 343 g/mol. The lowest BCUT2D eigenvalue weighted by molar-refractivity contribution is -0.121. The summed E-state index contributed by atoms with van der Waals surface area (Å²) in [5.41, 5.74) is 2.77. The van der Waals surface area contributed by atoms with Crippen molar-refractivity contribution in [2.45, 2.75) is 0 Å². The molecule has 7 heteroatoms. The van der Waals surface area contributed by atoms with E-state index in [-0.39, 0.29) is 18.3 Å². The molecule has 0 saturated heterocycles. The topological polar surface area (TPSA) is 76.2 Å². The number of imidazole rings is 1. The van der Waals surface area contributed by atoms with E-state index in [2.05, 4.69) is 15.3 Å². The summed E-state index contributed by atoms with van der Waals surface area (Å²) in [5, 5.41) is 2.76. The molecule has 0 spiro atoms. The van der Waals surface area contributed by atoms with Crippen LogP contribution in [0.2, 0.25) is 0 Å². The van der Waals surface area contributed by atoms with Crippen molar-refractivity contribution in [3.05, 3.63) is 48.3 Å². The number of halogens is 1. The van der Waals surface area contributed by atoms with Gasteiger partial charge in [0.05, 0.1) is 24.2 Å². The Morgan fingerprint density at radius 2 is 2.12 bits per heavy atom. The highest BCUT2D eigenvalue weighted by atomic mass is 19.1. The quantitative estimate of drug-likeness (QED) is 0.647. The van der Waals surface area contributed by atoms with Crippen molar-refractivity contribution in [3.8, 4) is 11.4 Å². The zero-order valence-corrected chi connectivity index (χ0v) is 13.7. The minimum Gasteiger partial charge on any atom is -0.382 e. The first-order chi connectivity index (χ1) is 12.2. The second kappa shape index (κ2) is 7.87. The summed E-state index contributed by atoms with van der Waals surface area (Å²) in [6.07, 6.45) is 0. The molecule has 6 nitrogen and oxygen atoms in total. The van der Waals surface area contributed by atoms with Gasteiger partial charge in [0.25, 0.3) is 0 Å². The molecule has 1 heterocycles. The fraction of sp³-hybridized carbons (Fsp3) is 0.222. The number of nitrogens with zero attached hydrogens (tertiary/aromatic N) is 1. The van der Waals surface area contributed by atoms with Crippen LogP contribution in [0.4, 0.5) is 10.1 Å². The van der Waals surface area contributed by atoms with Crippen LogP contribution in [0.25, 0.3) is 22.4 Å². The number of fused-ring (bicyclic) bond motifs is 1. The summed E-state index contributed by atoms with van der Waals surface area (Å²) in [6.45, 7) is 0.760. The Hall–Kier alpha value is -2.77. The molecule has 25 heavy (non-hydrogen) atoms. The molecule has 3 aromatic rings. The highest BCUT2D eigenvalue weighted by Gasteiger charge is 2.08. The SMILES string of the molecule is COCCOCC(=O)Nc1ccc2nc(-c3cccc(F)c3)[nH]c2c1. The Morgan fingerprint density at radius 1 is 1.24 bits per heavy atom. The number of amides is 1. The van der Waals surface area contributed by atoms with Gasteiger partial charge in [-0.05, 0) is 30.3 Å². The van der Waals surface area contributed by atoms with Crippen molar-refractivity contribution in [2.24, 2.45) is 0 Å². The zero-order chi connectivity index (χ0) is 17.6. The molecule has 130 valence electrons. The molecule has 0 aliphatic carbocycles. The van der Waals surface area contributed by atoms with Crippen molar-refractivity contribution in [1.29, 1.82) is 0 Å². The lowest BCUT2D eigenvalue weighted by Crippen LogP contribution is -2.19. The zero-order valence-electron chi connectivity index (χ0n) is 13.7. The van der Waals surface area contributed by atoms with Gasteiger partial charge in [0.1, 0.15) is 18.2 Å². The number of H-pyrrole nitrogens is 1. The van der Waals surface area contributed by atoms with Crippen molar-refractivity contribution in [3.63, 3.8) is 0 Å². The third-order valence-corrected chi connectivity index (χ3v) is 3.53. The normalized spacial score (nSPS) is 11.0. The molecule has 3 rings (SSSR count). The van der Waals surface area contributed by atoms with Crippen LogP contribution >= 0.6 is 0 Å². The van der Waals surface area contributed by atoms with Crippen LogP contribution in [-0.4, -0.2) is 42.8 Å². The molecule has 0 unspecified atom stereocenters. The van der Waals surface area contributed by atoms with Crippen LogP contribution in [0.1, 0.15) is 0 Å².